The molecule has 2 aromatic heterocycles. The Balaban J connectivity index is 1.85. The minimum atomic E-state index is -0.434. The minimum Gasteiger partial charge on any atom is -0.461 e. The van der Waals surface area contributed by atoms with Gasteiger partial charge in [0.1, 0.15) is 17.1 Å². The summed E-state index contributed by atoms with van der Waals surface area (Å²) in [6, 6.07) is 10.6. The summed E-state index contributed by atoms with van der Waals surface area (Å²) in [7, 11) is 0. The Kier molecular flexibility index (Phi) is 4.87. The normalized spacial score (nSPS) is 10.8. The lowest BCUT2D eigenvalue weighted by molar-refractivity contribution is -0.116. The molecule has 0 saturated carbocycles. The first-order valence-corrected chi connectivity index (χ1v) is 8.63. The highest BCUT2D eigenvalue weighted by atomic mass is 35.5. The van der Waals surface area contributed by atoms with Gasteiger partial charge < -0.3 is 14.6 Å². The van der Waals surface area contributed by atoms with E-state index < -0.39 is 5.97 Å². The first-order valence-electron chi connectivity index (χ1n) is 7.37. The van der Waals surface area contributed by atoms with Gasteiger partial charge in [0.05, 0.1) is 6.61 Å². The predicted molar refractivity (Wildman–Crippen MR) is 95.9 cm³/mol. The molecule has 3 aromatic rings. The molecule has 1 N–H and O–H groups in total. The Labute approximate surface area is 147 Å². The summed E-state index contributed by atoms with van der Waals surface area (Å²) in [6.07, 6.45) is 0. The van der Waals surface area contributed by atoms with Crippen LogP contribution < -0.4 is 5.32 Å². The van der Waals surface area contributed by atoms with Gasteiger partial charge in [-0.25, -0.2) is 4.79 Å². The molecule has 1 amide bonds. The number of nitrogens with zero attached hydrogens (tertiary/aromatic N) is 1. The molecule has 3 rings (SSSR count). The number of hydrogen-bond donors (Lipinski definition) is 1. The molecule has 0 bridgehead atoms. The van der Waals surface area contributed by atoms with Crippen molar-refractivity contribution in [2.45, 2.75) is 13.5 Å². The van der Waals surface area contributed by atoms with Crippen molar-refractivity contribution in [2.75, 3.05) is 11.9 Å². The highest BCUT2D eigenvalue weighted by Gasteiger charge is 2.19. The summed E-state index contributed by atoms with van der Waals surface area (Å²) in [6.45, 7) is 2.05. The van der Waals surface area contributed by atoms with Crippen molar-refractivity contribution in [3.8, 4) is 0 Å². The largest absolute Gasteiger partial charge is 0.461 e. The molecular formula is C17H15ClN2O3S. The molecule has 0 aliphatic heterocycles. The van der Waals surface area contributed by atoms with E-state index in [1.807, 2.05) is 11.4 Å². The summed E-state index contributed by atoms with van der Waals surface area (Å²) in [5, 5.41) is 6.16. The second kappa shape index (κ2) is 7.07. The fraction of sp³-hybridized carbons (Fsp3) is 0.176. The van der Waals surface area contributed by atoms with Crippen LogP contribution in [0.25, 0.3) is 10.2 Å². The van der Waals surface area contributed by atoms with E-state index in [4.69, 9.17) is 16.3 Å². The maximum absolute atomic E-state index is 12.4. The number of benzene rings is 1. The number of esters is 1. The lowest BCUT2D eigenvalue weighted by Gasteiger charge is -2.10. The summed E-state index contributed by atoms with van der Waals surface area (Å²) in [4.78, 5) is 25.4. The molecule has 5 nitrogen and oxygen atoms in total. The first kappa shape index (κ1) is 16.5. The molecule has 0 aliphatic rings. The minimum absolute atomic E-state index is 0.0185. The standard InChI is InChI=1S/C17H15ClN2O3S/c1-2-23-17(22)14-8-11-6-7-24-16(11)20(14)10-15(21)19-13-5-3-4-12(18)9-13/h3-9H,2,10H2,1H3,(H,19,21). The molecule has 2 heterocycles. The van der Waals surface area contributed by atoms with Crippen LogP contribution in [0.5, 0.6) is 0 Å². The predicted octanol–water partition coefficient (Wildman–Crippen LogP) is 4.17. The van der Waals surface area contributed by atoms with Crippen molar-refractivity contribution >= 4 is 50.7 Å². The SMILES string of the molecule is CCOC(=O)c1cc2ccsc2n1CC(=O)Nc1cccc(Cl)c1. The Bertz CT molecular complexity index is 900. The third kappa shape index (κ3) is 3.44. The number of thiophene rings is 1. The lowest BCUT2D eigenvalue weighted by atomic mass is 10.3. The quantitative estimate of drug-likeness (QED) is 0.693. The number of nitrogens with one attached hydrogen (secondary N) is 1. The molecule has 0 spiro atoms. The Hall–Kier alpha value is -2.31. The van der Waals surface area contributed by atoms with Gasteiger partial charge >= 0.3 is 5.97 Å². The summed E-state index contributed by atoms with van der Waals surface area (Å²) in [5.74, 6) is -0.676. The number of hydrogen-bond acceptors (Lipinski definition) is 4. The topological polar surface area (TPSA) is 60.3 Å². The maximum atomic E-state index is 12.4. The number of amides is 1. The van der Waals surface area contributed by atoms with Gasteiger partial charge in [0.2, 0.25) is 5.91 Å². The van der Waals surface area contributed by atoms with Gasteiger partial charge in [-0.1, -0.05) is 17.7 Å². The number of rotatable bonds is 5. The van der Waals surface area contributed by atoms with Gasteiger partial charge in [0.25, 0.3) is 0 Å². The van der Waals surface area contributed by atoms with E-state index in [-0.39, 0.29) is 19.1 Å². The van der Waals surface area contributed by atoms with Crippen molar-refractivity contribution in [1.29, 1.82) is 0 Å². The van der Waals surface area contributed by atoms with Gasteiger partial charge in [-0.3, -0.25) is 4.79 Å². The van der Waals surface area contributed by atoms with Crippen LogP contribution in [0.15, 0.2) is 41.8 Å². The zero-order chi connectivity index (χ0) is 17.1. The van der Waals surface area contributed by atoms with E-state index in [0.717, 1.165) is 10.2 Å². The van der Waals surface area contributed by atoms with E-state index in [0.29, 0.717) is 16.4 Å². The van der Waals surface area contributed by atoms with Crippen molar-refractivity contribution in [3.05, 3.63) is 52.5 Å². The number of ether oxygens (including phenoxy) is 1. The highest BCUT2D eigenvalue weighted by molar-refractivity contribution is 7.16. The molecule has 0 radical (unpaired) electrons. The van der Waals surface area contributed by atoms with Crippen LogP contribution in [-0.4, -0.2) is 23.1 Å². The van der Waals surface area contributed by atoms with E-state index in [2.05, 4.69) is 5.32 Å². The fourth-order valence-electron chi connectivity index (χ4n) is 2.42. The monoisotopic (exact) mass is 362 g/mol. The van der Waals surface area contributed by atoms with Crippen LogP contribution in [0.1, 0.15) is 17.4 Å². The first-order chi connectivity index (χ1) is 11.6. The van der Waals surface area contributed by atoms with Gasteiger partial charge in [0, 0.05) is 16.1 Å². The second-order valence-electron chi connectivity index (χ2n) is 5.08. The van der Waals surface area contributed by atoms with Crippen molar-refractivity contribution in [2.24, 2.45) is 0 Å². The van der Waals surface area contributed by atoms with Crippen LogP contribution in [0.3, 0.4) is 0 Å². The van der Waals surface area contributed by atoms with Crippen molar-refractivity contribution in [1.82, 2.24) is 4.57 Å². The molecule has 0 fully saturated rings. The maximum Gasteiger partial charge on any atom is 0.355 e. The Morgan fingerprint density at radius 1 is 1.29 bits per heavy atom. The van der Waals surface area contributed by atoms with E-state index in [9.17, 15) is 9.59 Å². The third-order valence-electron chi connectivity index (χ3n) is 3.40. The molecular weight excluding hydrogens is 348 g/mol. The molecule has 0 unspecified atom stereocenters. The third-order valence-corrected chi connectivity index (χ3v) is 4.58. The number of aromatic nitrogens is 1. The van der Waals surface area contributed by atoms with Crippen LogP contribution in [-0.2, 0) is 16.1 Å². The summed E-state index contributed by atoms with van der Waals surface area (Å²) < 4.78 is 6.76. The van der Waals surface area contributed by atoms with Crippen LogP contribution in [0.2, 0.25) is 5.02 Å². The number of anilines is 1. The summed E-state index contributed by atoms with van der Waals surface area (Å²) in [5.41, 5.74) is 0.986. The molecule has 0 atom stereocenters. The van der Waals surface area contributed by atoms with Crippen LogP contribution >= 0.6 is 22.9 Å². The van der Waals surface area contributed by atoms with Gasteiger partial charge in [-0.05, 0) is 42.6 Å². The van der Waals surface area contributed by atoms with Gasteiger partial charge in [0.15, 0.2) is 0 Å². The van der Waals surface area contributed by atoms with E-state index >= 15 is 0 Å². The van der Waals surface area contributed by atoms with Gasteiger partial charge in [-0.15, -0.1) is 11.3 Å². The number of fused-ring (bicyclic) bond motifs is 1. The zero-order valence-corrected chi connectivity index (χ0v) is 14.5. The van der Waals surface area contributed by atoms with Gasteiger partial charge in [-0.2, -0.15) is 0 Å². The number of halogens is 1. The molecule has 24 heavy (non-hydrogen) atoms. The lowest BCUT2D eigenvalue weighted by Crippen LogP contribution is -2.21. The molecule has 7 heteroatoms. The van der Waals surface area contributed by atoms with E-state index in [1.54, 1.807) is 41.8 Å². The smallest absolute Gasteiger partial charge is 0.355 e. The van der Waals surface area contributed by atoms with Crippen LogP contribution in [0, 0.1) is 0 Å². The molecule has 124 valence electrons. The summed E-state index contributed by atoms with van der Waals surface area (Å²) >= 11 is 7.40. The Morgan fingerprint density at radius 2 is 2.12 bits per heavy atom. The number of carbonyl (C=O) groups excluding carboxylic acids is 2. The zero-order valence-electron chi connectivity index (χ0n) is 12.9. The molecule has 0 saturated heterocycles. The molecule has 0 aliphatic carbocycles. The molecule has 1 aromatic carbocycles. The Morgan fingerprint density at radius 3 is 2.88 bits per heavy atom. The van der Waals surface area contributed by atoms with Crippen molar-refractivity contribution in [3.63, 3.8) is 0 Å². The average Bonchev–Trinajstić information content (AvgIpc) is 3.10. The number of carbonyl (C=O) groups is 2. The average molecular weight is 363 g/mol. The second-order valence-corrected chi connectivity index (χ2v) is 6.41. The van der Waals surface area contributed by atoms with Crippen molar-refractivity contribution < 1.29 is 14.3 Å². The fourth-order valence-corrected chi connectivity index (χ4v) is 3.50. The van der Waals surface area contributed by atoms with Crippen LogP contribution in [0.4, 0.5) is 5.69 Å². The highest BCUT2D eigenvalue weighted by Crippen LogP contribution is 2.26. The van der Waals surface area contributed by atoms with E-state index in [1.165, 1.54) is 11.3 Å².